The second-order valence-corrected chi connectivity index (χ2v) is 8.21. The molecule has 0 atom stereocenters. The monoisotopic (exact) mass is 469 g/mol. The Morgan fingerprint density at radius 2 is 1.66 bits per heavy atom. The Morgan fingerprint density at radius 1 is 0.943 bits per heavy atom. The SMILES string of the molecule is CCNC(=O)c1cn(Cc2ccccc2)cc(C(=O)N(C)Cc2ccc(-n3cccn3)cc2)c1=O. The highest BCUT2D eigenvalue weighted by Crippen LogP contribution is 2.12. The van der Waals surface area contributed by atoms with Crippen molar-refractivity contribution in [2.75, 3.05) is 13.6 Å². The predicted octanol–water partition coefficient (Wildman–Crippen LogP) is 3.10. The average Bonchev–Trinajstić information content (AvgIpc) is 3.41. The van der Waals surface area contributed by atoms with Crippen LogP contribution in [0.15, 0.2) is 90.2 Å². The standard InChI is InChI=1S/C27H27N5O3/c1-3-28-26(34)23-18-31(17-20-8-5-4-6-9-20)19-24(25(23)33)27(35)30(2)16-21-10-12-22(13-11-21)32-15-7-14-29-32/h4-15,18-19H,3,16-17H2,1-2H3,(H,28,34). The lowest BCUT2D eigenvalue weighted by Crippen LogP contribution is -2.36. The van der Waals surface area contributed by atoms with Crippen LogP contribution in [0.1, 0.15) is 38.8 Å². The van der Waals surface area contributed by atoms with Crippen molar-refractivity contribution >= 4 is 11.8 Å². The van der Waals surface area contributed by atoms with Crippen molar-refractivity contribution in [1.82, 2.24) is 24.6 Å². The first-order chi connectivity index (χ1) is 17.0. The molecule has 2 heterocycles. The Morgan fingerprint density at radius 3 is 2.31 bits per heavy atom. The number of benzene rings is 2. The Labute approximate surface area is 203 Å². The number of carbonyl (C=O) groups is 2. The maximum Gasteiger partial charge on any atom is 0.259 e. The summed E-state index contributed by atoms with van der Waals surface area (Å²) in [6, 6.07) is 19.2. The van der Waals surface area contributed by atoms with Gasteiger partial charge in [0.1, 0.15) is 11.1 Å². The van der Waals surface area contributed by atoms with Crippen molar-refractivity contribution in [2.24, 2.45) is 0 Å². The molecule has 8 heteroatoms. The summed E-state index contributed by atoms with van der Waals surface area (Å²) in [7, 11) is 1.64. The zero-order chi connectivity index (χ0) is 24.8. The van der Waals surface area contributed by atoms with Crippen LogP contribution in [0.2, 0.25) is 0 Å². The van der Waals surface area contributed by atoms with Gasteiger partial charge in [0.05, 0.1) is 5.69 Å². The van der Waals surface area contributed by atoms with E-state index in [1.807, 2.05) is 66.9 Å². The highest BCUT2D eigenvalue weighted by atomic mass is 16.2. The van der Waals surface area contributed by atoms with Crippen LogP contribution in [0, 0.1) is 0 Å². The molecule has 1 N–H and O–H groups in total. The van der Waals surface area contributed by atoms with Crippen LogP contribution in [0.25, 0.3) is 5.69 Å². The highest BCUT2D eigenvalue weighted by Gasteiger charge is 2.22. The number of hydrogen-bond acceptors (Lipinski definition) is 4. The minimum atomic E-state index is -0.578. The van der Waals surface area contributed by atoms with E-state index in [0.29, 0.717) is 19.6 Å². The Balaban J connectivity index is 1.60. The van der Waals surface area contributed by atoms with Gasteiger partial charge in [-0.25, -0.2) is 4.68 Å². The van der Waals surface area contributed by atoms with E-state index < -0.39 is 17.2 Å². The van der Waals surface area contributed by atoms with Gasteiger partial charge in [0.15, 0.2) is 0 Å². The number of pyridine rings is 1. The van der Waals surface area contributed by atoms with E-state index in [4.69, 9.17) is 0 Å². The minimum Gasteiger partial charge on any atom is -0.352 e. The zero-order valence-electron chi connectivity index (χ0n) is 19.7. The Hall–Kier alpha value is -4.46. The molecule has 4 aromatic rings. The molecular weight excluding hydrogens is 442 g/mol. The van der Waals surface area contributed by atoms with Gasteiger partial charge in [0.2, 0.25) is 5.43 Å². The summed E-state index contributed by atoms with van der Waals surface area (Å²) in [6.45, 7) is 2.89. The van der Waals surface area contributed by atoms with Gasteiger partial charge >= 0.3 is 0 Å². The Bertz CT molecular complexity index is 1360. The third-order valence-corrected chi connectivity index (χ3v) is 5.57. The van der Waals surface area contributed by atoms with E-state index in [-0.39, 0.29) is 11.1 Å². The molecule has 2 aromatic heterocycles. The van der Waals surface area contributed by atoms with Crippen molar-refractivity contribution in [2.45, 2.75) is 20.0 Å². The molecule has 0 aliphatic rings. The lowest BCUT2D eigenvalue weighted by Gasteiger charge is -2.19. The largest absolute Gasteiger partial charge is 0.352 e. The van der Waals surface area contributed by atoms with Crippen LogP contribution in [0.5, 0.6) is 0 Å². The van der Waals surface area contributed by atoms with Crippen LogP contribution in [0.4, 0.5) is 0 Å². The molecule has 0 aliphatic heterocycles. The van der Waals surface area contributed by atoms with Gasteiger partial charge in [-0.2, -0.15) is 5.10 Å². The molecule has 0 bridgehead atoms. The van der Waals surface area contributed by atoms with Gasteiger partial charge in [0.25, 0.3) is 11.8 Å². The van der Waals surface area contributed by atoms with Gasteiger partial charge in [-0.1, -0.05) is 42.5 Å². The number of rotatable bonds is 8. The summed E-state index contributed by atoms with van der Waals surface area (Å²) < 4.78 is 3.46. The van der Waals surface area contributed by atoms with E-state index in [1.54, 1.807) is 29.4 Å². The molecule has 2 aromatic carbocycles. The van der Waals surface area contributed by atoms with Crippen LogP contribution in [-0.4, -0.2) is 44.7 Å². The minimum absolute atomic E-state index is 0.0413. The molecule has 0 saturated heterocycles. The van der Waals surface area contributed by atoms with Gasteiger partial charge in [-0.15, -0.1) is 0 Å². The van der Waals surface area contributed by atoms with Gasteiger partial charge < -0.3 is 14.8 Å². The quantitative estimate of drug-likeness (QED) is 0.430. The molecule has 2 amide bonds. The number of nitrogens with zero attached hydrogens (tertiary/aromatic N) is 4. The number of amides is 2. The molecule has 0 unspecified atom stereocenters. The molecule has 8 nitrogen and oxygen atoms in total. The van der Waals surface area contributed by atoms with Gasteiger partial charge in [-0.3, -0.25) is 14.4 Å². The number of aromatic nitrogens is 3. The molecule has 178 valence electrons. The van der Waals surface area contributed by atoms with E-state index >= 15 is 0 Å². The Kier molecular flexibility index (Phi) is 7.21. The number of nitrogens with one attached hydrogen (secondary N) is 1. The van der Waals surface area contributed by atoms with Crippen molar-refractivity contribution < 1.29 is 9.59 Å². The molecule has 0 saturated carbocycles. The van der Waals surface area contributed by atoms with E-state index in [1.165, 1.54) is 17.3 Å². The first kappa shape index (κ1) is 23.7. The lowest BCUT2D eigenvalue weighted by molar-refractivity contribution is 0.0783. The molecule has 35 heavy (non-hydrogen) atoms. The number of hydrogen-bond donors (Lipinski definition) is 1. The second kappa shape index (κ2) is 10.6. The average molecular weight is 470 g/mol. The summed E-state index contributed by atoms with van der Waals surface area (Å²) in [5.41, 5.74) is 2.13. The smallest absolute Gasteiger partial charge is 0.259 e. The van der Waals surface area contributed by atoms with Crippen LogP contribution in [-0.2, 0) is 13.1 Å². The third kappa shape index (κ3) is 5.55. The molecular formula is C27H27N5O3. The summed E-state index contributed by atoms with van der Waals surface area (Å²) in [6.07, 6.45) is 6.59. The van der Waals surface area contributed by atoms with Gasteiger partial charge in [0, 0.05) is 51.5 Å². The first-order valence-electron chi connectivity index (χ1n) is 11.4. The van der Waals surface area contributed by atoms with Gasteiger partial charge in [-0.05, 0) is 36.2 Å². The molecule has 4 rings (SSSR count). The van der Waals surface area contributed by atoms with Crippen molar-refractivity contribution in [3.8, 4) is 5.69 Å². The van der Waals surface area contributed by atoms with E-state index in [2.05, 4.69) is 10.4 Å². The topological polar surface area (TPSA) is 89.2 Å². The summed E-state index contributed by atoms with van der Waals surface area (Å²) in [5.74, 6) is -0.940. The summed E-state index contributed by atoms with van der Waals surface area (Å²) in [4.78, 5) is 40.5. The maximum atomic E-state index is 13.3. The zero-order valence-corrected chi connectivity index (χ0v) is 19.7. The van der Waals surface area contributed by atoms with Crippen LogP contribution < -0.4 is 10.7 Å². The maximum absolute atomic E-state index is 13.3. The lowest BCUT2D eigenvalue weighted by atomic mass is 10.1. The van der Waals surface area contributed by atoms with Crippen LogP contribution >= 0.6 is 0 Å². The van der Waals surface area contributed by atoms with Crippen LogP contribution in [0.3, 0.4) is 0 Å². The fourth-order valence-corrected chi connectivity index (χ4v) is 3.81. The molecule has 0 fully saturated rings. The molecule has 0 radical (unpaired) electrons. The molecule has 0 spiro atoms. The van der Waals surface area contributed by atoms with Crippen molar-refractivity contribution in [1.29, 1.82) is 0 Å². The third-order valence-electron chi connectivity index (χ3n) is 5.57. The highest BCUT2D eigenvalue weighted by molar-refractivity contribution is 5.99. The fraction of sp³-hybridized carbons (Fsp3) is 0.185. The first-order valence-corrected chi connectivity index (χ1v) is 11.4. The van der Waals surface area contributed by atoms with E-state index in [0.717, 1.165) is 16.8 Å². The summed E-state index contributed by atoms with van der Waals surface area (Å²) in [5, 5.41) is 6.87. The second-order valence-electron chi connectivity index (χ2n) is 8.21. The fourth-order valence-electron chi connectivity index (χ4n) is 3.81. The summed E-state index contributed by atoms with van der Waals surface area (Å²) >= 11 is 0. The van der Waals surface area contributed by atoms with E-state index in [9.17, 15) is 14.4 Å². The molecule has 0 aliphatic carbocycles. The normalized spacial score (nSPS) is 10.7. The van der Waals surface area contributed by atoms with Crippen molar-refractivity contribution in [3.63, 3.8) is 0 Å². The van der Waals surface area contributed by atoms with Crippen molar-refractivity contribution in [3.05, 3.63) is 118 Å². The predicted molar refractivity (Wildman–Crippen MR) is 134 cm³/mol. The number of carbonyl (C=O) groups excluding carboxylic acids is 2.